The van der Waals surface area contributed by atoms with Gasteiger partial charge in [0.2, 0.25) is 10.0 Å². The zero-order valence-electron chi connectivity index (χ0n) is 15.5. The summed E-state index contributed by atoms with van der Waals surface area (Å²) in [6.45, 7) is 5.04. The molecule has 9 heteroatoms. The van der Waals surface area contributed by atoms with Crippen LogP contribution in [0.5, 0.6) is 0 Å². The molecule has 146 valence electrons. The zero-order chi connectivity index (χ0) is 19.4. The number of anilines is 1. The van der Waals surface area contributed by atoms with Crippen LogP contribution in [-0.2, 0) is 23.0 Å². The topological polar surface area (TPSA) is 78.4 Å². The summed E-state index contributed by atoms with van der Waals surface area (Å²) in [6.07, 6.45) is 0.702. The number of rotatable bonds is 6. The van der Waals surface area contributed by atoms with E-state index in [0.717, 1.165) is 18.7 Å². The van der Waals surface area contributed by atoms with E-state index in [1.54, 1.807) is 22.5 Å². The third kappa shape index (κ3) is 4.95. The Morgan fingerprint density at radius 3 is 2.41 bits per heavy atom. The van der Waals surface area contributed by atoms with Crippen molar-refractivity contribution in [3.8, 4) is 0 Å². The van der Waals surface area contributed by atoms with E-state index in [1.807, 2.05) is 26.1 Å². The van der Waals surface area contributed by atoms with Gasteiger partial charge in [0.25, 0.3) is 0 Å². The number of hydrogen-bond donors (Lipinski definition) is 1. The molecule has 1 aromatic carbocycles. The lowest BCUT2D eigenvalue weighted by Crippen LogP contribution is -2.46. The summed E-state index contributed by atoms with van der Waals surface area (Å²) in [7, 11) is -1.44. The van der Waals surface area contributed by atoms with Crippen molar-refractivity contribution in [1.82, 2.24) is 19.2 Å². The van der Waals surface area contributed by atoms with Gasteiger partial charge in [-0.05, 0) is 24.7 Å². The molecule has 1 aliphatic rings. The predicted octanol–water partition coefficient (Wildman–Crippen LogP) is 2.24. The van der Waals surface area contributed by atoms with Crippen LogP contribution in [0.3, 0.4) is 0 Å². The monoisotopic (exact) mass is 409 g/mol. The van der Waals surface area contributed by atoms with Gasteiger partial charge in [-0.1, -0.05) is 30.7 Å². The smallest absolute Gasteiger partial charge is 0.243 e. The fourth-order valence-electron chi connectivity index (χ4n) is 2.86. The molecule has 7 nitrogen and oxygen atoms in total. The normalized spacial score (nSPS) is 16.4. The minimum absolute atomic E-state index is 0.328. The van der Waals surface area contributed by atoms with Gasteiger partial charge in [-0.2, -0.15) is 4.31 Å². The molecule has 0 saturated carbocycles. The van der Waals surface area contributed by atoms with Gasteiger partial charge in [0.05, 0.1) is 4.90 Å². The number of nitrogens with zero attached hydrogens (tertiary/aromatic N) is 4. The maximum absolute atomic E-state index is 12.8. The minimum Gasteiger partial charge on any atom is -0.366 e. The molecule has 1 N–H and O–H groups in total. The first-order valence-corrected chi connectivity index (χ1v) is 10.8. The van der Waals surface area contributed by atoms with Gasteiger partial charge in [0.15, 0.2) is 0 Å². The quantitative estimate of drug-likeness (QED) is 0.737. The van der Waals surface area contributed by atoms with Crippen LogP contribution < -0.4 is 5.32 Å². The van der Waals surface area contributed by atoms with Gasteiger partial charge in [-0.15, -0.1) is 0 Å². The minimum atomic E-state index is -3.44. The Hall–Kier alpha value is -1.74. The average Bonchev–Trinajstić information content (AvgIpc) is 2.66. The van der Waals surface area contributed by atoms with Crippen molar-refractivity contribution in [2.45, 2.75) is 24.8 Å². The largest absolute Gasteiger partial charge is 0.366 e. The second-order valence-corrected chi connectivity index (χ2v) is 8.88. The summed E-state index contributed by atoms with van der Waals surface area (Å²) in [6, 6.07) is 8.63. The SMILES string of the molecule is CCc1nc(Cl)cc(NCc2ccc(S(=O)(=O)N3CCN(C)CC3)cc2)n1. The van der Waals surface area contributed by atoms with Crippen LogP contribution in [0.25, 0.3) is 0 Å². The highest BCUT2D eigenvalue weighted by Crippen LogP contribution is 2.19. The summed E-state index contributed by atoms with van der Waals surface area (Å²) >= 11 is 6.00. The first-order valence-electron chi connectivity index (χ1n) is 8.93. The molecule has 1 saturated heterocycles. The van der Waals surface area contributed by atoms with E-state index in [4.69, 9.17) is 11.6 Å². The highest BCUT2D eigenvalue weighted by Gasteiger charge is 2.27. The van der Waals surface area contributed by atoms with Crippen molar-refractivity contribution in [1.29, 1.82) is 0 Å². The fraction of sp³-hybridized carbons (Fsp3) is 0.444. The van der Waals surface area contributed by atoms with Crippen LogP contribution in [0.2, 0.25) is 5.15 Å². The van der Waals surface area contributed by atoms with E-state index in [0.29, 0.717) is 47.7 Å². The highest BCUT2D eigenvalue weighted by molar-refractivity contribution is 7.89. The molecule has 0 amide bonds. The predicted molar refractivity (Wildman–Crippen MR) is 106 cm³/mol. The Kier molecular flexibility index (Phi) is 6.31. The summed E-state index contributed by atoms with van der Waals surface area (Å²) in [5.74, 6) is 1.33. The Bertz CT molecular complexity index is 881. The molecule has 2 heterocycles. The molecule has 0 atom stereocenters. The third-order valence-corrected chi connectivity index (χ3v) is 6.66. The Labute approximate surface area is 165 Å². The number of aromatic nitrogens is 2. The molecule has 1 fully saturated rings. The maximum Gasteiger partial charge on any atom is 0.243 e. The number of sulfonamides is 1. The molecule has 1 aliphatic heterocycles. The third-order valence-electron chi connectivity index (χ3n) is 4.55. The number of aryl methyl sites for hydroxylation is 1. The first kappa shape index (κ1) is 20.0. The molecular weight excluding hydrogens is 386 g/mol. The Balaban J connectivity index is 1.66. The zero-order valence-corrected chi connectivity index (χ0v) is 17.1. The van der Waals surface area contributed by atoms with Gasteiger partial charge in [0.1, 0.15) is 16.8 Å². The van der Waals surface area contributed by atoms with E-state index in [2.05, 4.69) is 20.2 Å². The Morgan fingerprint density at radius 2 is 1.78 bits per heavy atom. The lowest BCUT2D eigenvalue weighted by Gasteiger charge is -2.31. The second kappa shape index (κ2) is 8.52. The van der Waals surface area contributed by atoms with Crippen LogP contribution in [0.15, 0.2) is 35.2 Å². The van der Waals surface area contributed by atoms with E-state index < -0.39 is 10.0 Å². The van der Waals surface area contributed by atoms with Gasteiger partial charge < -0.3 is 10.2 Å². The van der Waals surface area contributed by atoms with Crippen molar-refractivity contribution in [3.05, 3.63) is 46.9 Å². The summed E-state index contributed by atoms with van der Waals surface area (Å²) in [5.41, 5.74) is 0.958. The van der Waals surface area contributed by atoms with Crippen molar-refractivity contribution >= 4 is 27.4 Å². The van der Waals surface area contributed by atoms with Crippen molar-refractivity contribution in [2.75, 3.05) is 38.5 Å². The van der Waals surface area contributed by atoms with Gasteiger partial charge in [-0.25, -0.2) is 18.4 Å². The number of piperazine rings is 1. The lowest BCUT2D eigenvalue weighted by molar-refractivity contribution is 0.222. The molecule has 0 aliphatic carbocycles. The fourth-order valence-corrected chi connectivity index (χ4v) is 4.49. The van der Waals surface area contributed by atoms with Gasteiger partial charge in [-0.3, -0.25) is 0 Å². The first-order chi connectivity index (χ1) is 12.9. The molecule has 0 radical (unpaired) electrons. The van der Waals surface area contributed by atoms with Crippen LogP contribution in [0.4, 0.5) is 5.82 Å². The van der Waals surface area contributed by atoms with Crippen LogP contribution in [0, 0.1) is 0 Å². The van der Waals surface area contributed by atoms with Crippen LogP contribution in [-0.4, -0.2) is 60.8 Å². The van der Waals surface area contributed by atoms with Crippen LogP contribution >= 0.6 is 11.6 Å². The molecule has 0 bridgehead atoms. The van der Waals surface area contributed by atoms with Crippen LogP contribution in [0.1, 0.15) is 18.3 Å². The molecule has 2 aromatic rings. The number of nitrogens with one attached hydrogen (secondary N) is 1. The number of benzene rings is 1. The summed E-state index contributed by atoms with van der Waals surface area (Å²) < 4.78 is 27.1. The summed E-state index contributed by atoms with van der Waals surface area (Å²) in [4.78, 5) is 11.0. The van der Waals surface area contributed by atoms with E-state index in [-0.39, 0.29) is 0 Å². The van der Waals surface area contributed by atoms with E-state index >= 15 is 0 Å². The summed E-state index contributed by atoms with van der Waals surface area (Å²) in [5, 5.41) is 3.60. The molecule has 0 spiro atoms. The number of hydrogen-bond acceptors (Lipinski definition) is 6. The molecule has 1 aromatic heterocycles. The van der Waals surface area contributed by atoms with Crippen molar-refractivity contribution in [2.24, 2.45) is 0 Å². The van der Waals surface area contributed by atoms with Gasteiger partial charge in [0, 0.05) is 45.2 Å². The second-order valence-electron chi connectivity index (χ2n) is 6.55. The number of halogens is 1. The van der Waals surface area contributed by atoms with E-state index in [9.17, 15) is 8.42 Å². The molecule has 27 heavy (non-hydrogen) atoms. The standard InChI is InChI=1S/C18H24ClN5O2S/c1-3-17-21-16(19)12-18(22-17)20-13-14-4-6-15(7-5-14)27(25,26)24-10-8-23(2)9-11-24/h4-7,12H,3,8-11,13H2,1-2H3,(H,20,21,22). The molecule has 0 unspecified atom stereocenters. The highest BCUT2D eigenvalue weighted by atomic mass is 35.5. The maximum atomic E-state index is 12.8. The average molecular weight is 410 g/mol. The Morgan fingerprint density at radius 1 is 1.11 bits per heavy atom. The van der Waals surface area contributed by atoms with Gasteiger partial charge >= 0.3 is 0 Å². The van der Waals surface area contributed by atoms with E-state index in [1.165, 1.54) is 0 Å². The van der Waals surface area contributed by atoms with Crippen molar-refractivity contribution < 1.29 is 8.42 Å². The lowest BCUT2D eigenvalue weighted by atomic mass is 10.2. The molecular formula is C18H24ClN5O2S. The number of likely N-dealkylation sites (N-methyl/N-ethyl adjacent to an activating group) is 1. The van der Waals surface area contributed by atoms with Crippen molar-refractivity contribution in [3.63, 3.8) is 0 Å². The molecule has 3 rings (SSSR count).